The lowest BCUT2D eigenvalue weighted by Gasteiger charge is -2.47. The Morgan fingerprint density at radius 2 is 1.83 bits per heavy atom. The van der Waals surface area contributed by atoms with E-state index < -0.39 is 11.6 Å². The number of nitrogens with one attached hydrogen (secondary N) is 2. The van der Waals surface area contributed by atoms with Crippen LogP contribution in [0.15, 0.2) is 48.5 Å². The van der Waals surface area contributed by atoms with Crippen LogP contribution in [0.4, 0.5) is 14.0 Å². The Hall–Kier alpha value is -3.09. The van der Waals surface area contributed by atoms with Gasteiger partial charge >= 0.3 is 12.1 Å². The van der Waals surface area contributed by atoms with Crippen LogP contribution in [0.25, 0.3) is 0 Å². The fraction of sp³-hybridized carbons (Fsp3) is 0.364. The standard InChI is InChI=1S/C22H24FN3O3/c1-22(12-17(13-22)24-21(28)29)25-20(27)26-11-10-14-4-2-3-5-18(14)19(26)15-6-8-16(23)9-7-15/h2-9,17,19,24H,10-13H2,1H3,(H,25,27)(H,28,29)/t17-,19-,22+/m0/s1. The second-order valence-electron chi connectivity index (χ2n) is 8.14. The van der Waals surface area contributed by atoms with Gasteiger partial charge in [0.05, 0.1) is 6.04 Å². The van der Waals surface area contributed by atoms with E-state index in [1.165, 1.54) is 17.7 Å². The molecule has 1 saturated carbocycles. The first-order valence-corrected chi connectivity index (χ1v) is 9.76. The van der Waals surface area contributed by atoms with E-state index in [0.717, 1.165) is 17.5 Å². The average Bonchev–Trinajstić information content (AvgIpc) is 2.66. The first kappa shape index (κ1) is 19.2. The lowest BCUT2D eigenvalue weighted by molar-refractivity contribution is 0.120. The summed E-state index contributed by atoms with van der Waals surface area (Å²) in [6.07, 6.45) is 0.807. The number of amides is 3. The van der Waals surface area contributed by atoms with Crippen molar-refractivity contribution in [1.82, 2.24) is 15.5 Å². The highest BCUT2D eigenvalue weighted by atomic mass is 19.1. The van der Waals surface area contributed by atoms with E-state index >= 15 is 0 Å². The molecule has 29 heavy (non-hydrogen) atoms. The van der Waals surface area contributed by atoms with Crippen LogP contribution in [0.5, 0.6) is 0 Å². The molecule has 1 atom stereocenters. The fourth-order valence-electron chi connectivity index (χ4n) is 4.53. The number of halogens is 1. The molecular formula is C22H24FN3O3. The Morgan fingerprint density at radius 1 is 1.14 bits per heavy atom. The van der Waals surface area contributed by atoms with E-state index in [9.17, 15) is 14.0 Å². The number of hydrogen-bond donors (Lipinski definition) is 3. The zero-order chi connectivity index (χ0) is 20.6. The lowest BCUT2D eigenvalue weighted by atomic mass is 9.74. The molecule has 4 rings (SSSR count). The molecule has 2 aliphatic rings. The van der Waals surface area contributed by atoms with Gasteiger partial charge in [0.1, 0.15) is 5.82 Å². The van der Waals surface area contributed by atoms with Crippen LogP contribution in [0.3, 0.4) is 0 Å². The number of hydrogen-bond acceptors (Lipinski definition) is 2. The van der Waals surface area contributed by atoms with Crippen molar-refractivity contribution in [2.24, 2.45) is 0 Å². The van der Waals surface area contributed by atoms with E-state index in [-0.39, 0.29) is 23.9 Å². The molecule has 0 spiro atoms. The van der Waals surface area contributed by atoms with Gasteiger partial charge in [-0.25, -0.2) is 14.0 Å². The Kier molecular flexibility index (Phi) is 4.90. The SMILES string of the molecule is C[C@]1(NC(=O)N2CCc3ccccc3[C@@H]2c2ccc(F)cc2)C[C@@H](NC(=O)O)C1. The molecule has 7 heteroatoms. The van der Waals surface area contributed by atoms with Gasteiger partial charge in [-0.15, -0.1) is 0 Å². The van der Waals surface area contributed by atoms with Crippen molar-refractivity contribution in [2.45, 2.75) is 43.8 Å². The smallest absolute Gasteiger partial charge is 0.404 e. The topological polar surface area (TPSA) is 81.7 Å². The number of rotatable bonds is 3. The molecule has 1 fully saturated rings. The monoisotopic (exact) mass is 397 g/mol. The third-order valence-corrected chi connectivity index (χ3v) is 5.86. The number of carbonyl (C=O) groups excluding carboxylic acids is 1. The van der Waals surface area contributed by atoms with Crippen LogP contribution < -0.4 is 10.6 Å². The van der Waals surface area contributed by atoms with Crippen molar-refractivity contribution < 1.29 is 19.1 Å². The van der Waals surface area contributed by atoms with Crippen molar-refractivity contribution in [2.75, 3.05) is 6.54 Å². The summed E-state index contributed by atoms with van der Waals surface area (Å²) >= 11 is 0. The Morgan fingerprint density at radius 3 is 2.52 bits per heavy atom. The van der Waals surface area contributed by atoms with Crippen molar-refractivity contribution in [3.8, 4) is 0 Å². The maximum Gasteiger partial charge on any atom is 0.404 e. The van der Waals surface area contributed by atoms with Crippen LogP contribution in [0, 0.1) is 5.82 Å². The van der Waals surface area contributed by atoms with Crippen LogP contribution in [0.1, 0.15) is 42.5 Å². The van der Waals surface area contributed by atoms with E-state index in [0.29, 0.717) is 19.4 Å². The molecule has 0 bridgehead atoms. The van der Waals surface area contributed by atoms with Gasteiger partial charge in [0, 0.05) is 18.1 Å². The molecule has 0 radical (unpaired) electrons. The minimum atomic E-state index is -1.05. The van der Waals surface area contributed by atoms with E-state index in [4.69, 9.17) is 5.11 Å². The summed E-state index contributed by atoms with van der Waals surface area (Å²) in [5, 5.41) is 14.4. The molecule has 0 saturated heterocycles. The maximum atomic E-state index is 13.5. The summed E-state index contributed by atoms with van der Waals surface area (Å²) in [5.41, 5.74) is 2.64. The fourth-order valence-corrected chi connectivity index (χ4v) is 4.53. The molecule has 3 N–H and O–H groups in total. The summed E-state index contributed by atoms with van der Waals surface area (Å²) in [5.74, 6) is -0.312. The van der Waals surface area contributed by atoms with Crippen LogP contribution in [-0.2, 0) is 6.42 Å². The minimum absolute atomic E-state index is 0.146. The van der Waals surface area contributed by atoms with Crippen molar-refractivity contribution in [3.05, 3.63) is 71.0 Å². The second kappa shape index (κ2) is 7.39. The minimum Gasteiger partial charge on any atom is -0.465 e. The van der Waals surface area contributed by atoms with Gasteiger partial charge in [-0.1, -0.05) is 36.4 Å². The molecule has 6 nitrogen and oxygen atoms in total. The van der Waals surface area contributed by atoms with Crippen molar-refractivity contribution >= 4 is 12.1 Å². The molecule has 1 aliphatic heterocycles. The molecule has 2 aromatic carbocycles. The van der Waals surface area contributed by atoms with Gasteiger partial charge in [-0.3, -0.25) is 0 Å². The molecule has 1 aliphatic carbocycles. The van der Waals surface area contributed by atoms with E-state index in [1.807, 2.05) is 25.1 Å². The number of nitrogens with zero attached hydrogens (tertiary/aromatic N) is 1. The first-order valence-electron chi connectivity index (χ1n) is 9.76. The van der Waals surface area contributed by atoms with E-state index in [1.54, 1.807) is 17.0 Å². The quantitative estimate of drug-likeness (QED) is 0.739. The molecule has 3 amide bonds. The van der Waals surface area contributed by atoms with E-state index in [2.05, 4.69) is 16.7 Å². The van der Waals surface area contributed by atoms with Gasteiger partial charge < -0.3 is 20.6 Å². The Labute approximate surface area is 168 Å². The molecule has 1 heterocycles. The van der Waals surface area contributed by atoms with Gasteiger partial charge in [0.2, 0.25) is 0 Å². The van der Waals surface area contributed by atoms with Gasteiger partial charge in [0.15, 0.2) is 0 Å². The van der Waals surface area contributed by atoms with Gasteiger partial charge in [-0.2, -0.15) is 0 Å². The summed E-state index contributed by atoms with van der Waals surface area (Å²) < 4.78 is 13.5. The third kappa shape index (κ3) is 3.90. The number of fused-ring (bicyclic) bond motifs is 1. The number of urea groups is 1. The summed E-state index contributed by atoms with van der Waals surface area (Å²) in [6, 6.07) is 13.7. The molecule has 2 aromatic rings. The normalized spacial score (nSPS) is 25.5. The third-order valence-electron chi connectivity index (χ3n) is 5.86. The summed E-state index contributed by atoms with van der Waals surface area (Å²) in [4.78, 5) is 25.8. The van der Waals surface area contributed by atoms with Crippen LogP contribution >= 0.6 is 0 Å². The molecule has 152 valence electrons. The number of carboxylic acid groups (broad SMARTS) is 1. The average molecular weight is 397 g/mol. The number of benzene rings is 2. The van der Waals surface area contributed by atoms with Crippen LogP contribution in [-0.4, -0.2) is 40.3 Å². The zero-order valence-electron chi connectivity index (χ0n) is 16.2. The Balaban J connectivity index is 1.56. The predicted molar refractivity (Wildman–Crippen MR) is 106 cm³/mol. The van der Waals surface area contributed by atoms with Crippen LogP contribution in [0.2, 0.25) is 0 Å². The zero-order valence-corrected chi connectivity index (χ0v) is 16.2. The van der Waals surface area contributed by atoms with Gasteiger partial charge in [-0.05, 0) is 55.0 Å². The summed E-state index contributed by atoms with van der Waals surface area (Å²) in [7, 11) is 0. The molecular weight excluding hydrogens is 373 g/mol. The summed E-state index contributed by atoms with van der Waals surface area (Å²) in [6.45, 7) is 2.48. The first-order chi connectivity index (χ1) is 13.8. The van der Waals surface area contributed by atoms with Gasteiger partial charge in [0.25, 0.3) is 0 Å². The highest BCUT2D eigenvalue weighted by Crippen LogP contribution is 2.37. The van der Waals surface area contributed by atoms with Crippen molar-refractivity contribution in [3.63, 3.8) is 0 Å². The maximum absolute atomic E-state index is 13.5. The molecule has 0 aromatic heterocycles. The second-order valence-corrected chi connectivity index (χ2v) is 8.14. The highest BCUT2D eigenvalue weighted by Gasteiger charge is 2.44. The molecule has 0 unspecified atom stereocenters. The largest absolute Gasteiger partial charge is 0.465 e. The predicted octanol–water partition coefficient (Wildman–Crippen LogP) is 3.67. The Bertz CT molecular complexity index is 925. The lowest BCUT2D eigenvalue weighted by Crippen LogP contribution is -2.64. The number of carbonyl (C=O) groups is 2. The van der Waals surface area contributed by atoms with Crippen molar-refractivity contribution in [1.29, 1.82) is 0 Å². The highest BCUT2D eigenvalue weighted by molar-refractivity contribution is 5.77.